The van der Waals surface area contributed by atoms with Gasteiger partial charge in [-0.3, -0.25) is 4.79 Å². The smallest absolute Gasteiger partial charge is 0.336 e. The van der Waals surface area contributed by atoms with E-state index in [4.69, 9.17) is 4.42 Å². The molecule has 0 radical (unpaired) electrons. The molecule has 1 aromatic carbocycles. The van der Waals surface area contributed by atoms with Crippen molar-refractivity contribution < 1.29 is 14.3 Å². The first-order chi connectivity index (χ1) is 7.50. The van der Waals surface area contributed by atoms with E-state index in [9.17, 15) is 14.7 Å². The largest absolute Gasteiger partial charge is 0.507 e. The Kier molecular flexibility index (Phi) is 2.27. The normalized spacial score (nSPS) is 10.6. The molecular weight excluding hydrogens is 208 g/mol. The molecule has 4 heteroatoms. The average molecular weight is 218 g/mol. The van der Waals surface area contributed by atoms with Crippen molar-refractivity contribution in [1.29, 1.82) is 0 Å². The van der Waals surface area contributed by atoms with E-state index < -0.39 is 5.63 Å². The van der Waals surface area contributed by atoms with E-state index in [0.717, 1.165) is 0 Å². The van der Waals surface area contributed by atoms with Gasteiger partial charge in [0.2, 0.25) is 0 Å². The summed E-state index contributed by atoms with van der Waals surface area (Å²) in [5.41, 5.74) is 0.682. The molecule has 2 aromatic rings. The van der Waals surface area contributed by atoms with Gasteiger partial charge in [-0.05, 0) is 25.5 Å². The summed E-state index contributed by atoms with van der Waals surface area (Å²) in [4.78, 5) is 22.4. The fourth-order valence-electron chi connectivity index (χ4n) is 1.82. The summed E-state index contributed by atoms with van der Waals surface area (Å²) < 4.78 is 4.93. The minimum absolute atomic E-state index is 0.160. The van der Waals surface area contributed by atoms with Gasteiger partial charge < -0.3 is 9.52 Å². The number of rotatable bonds is 1. The van der Waals surface area contributed by atoms with Gasteiger partial charge >= 0.3 is 5.63 Å². The van der Waals surface area contributed by atoms with E-state index in [1.54, 1.807) is 13.0 Å². The van der Waals surface area contributed by atoms with Gasteiger partial charge in [0.1, 0.15) is 11.3 Å². The summed E-state index contributed by atoms with van der Waals surface area (Å²) in [7, 11) is 0. The number of fused-ring (bicyclic) bond motifs is 1. The van der Waals surface area contributed by atoms with Crippen LogP contribution in [-0.4, -0.2) is 10.9 Å². The number of hydrogen-bond acceptors (Lipinski definition) is 4. The molecule has 16 heavy (non-hydrogen) atoms. The second-order valence-electron chi connectivity index (χ2n) is 3.62. The molecule has 0 saturated carbocycles. The highest BCUT2D eigenvalue weighted by molar-refractivity contribution is 6.03. The van der Waals surface area contributed by atoms with Crippen LogP contribution in [0, 0.1) is 6.92 Å². The Morgan fingerprint density at radius 1 is 1.38 bits per heavy atom. The van der Waals surface area contributed by atoms with Gasteiger partial charge in [-0.1, -0.05) is 0 Å². The molecule has 0 aliphatic heterocycles. The van der Waals surface area contributed by atoms with Crippen LogP contribution in [0.3, 0.4) is 0 Å². The first-order valence-corrected chi connectivity index (χ1v) is 4.78. The highest BCUT2D eigenvalue weighted by Gasteiger charge is 2.14. The summed E-state index contributed by atoms with van der Waals surface area (Å²) >= 11 is 0. The predicted octanol–water partition coefficient (Wildman–Crippen LogP) is 2.01. The van der Waals surface area contributed by atoms with E-state index in [0.29, 0.717) is 10.9 Å². The fourth-order valence-corrected chi connectivity index (χ4v) is 1.82. The molecule has 1 N–H and O–H groups in total. The Hall–Kier alpha value is -2.10. The second kappa shape index (κ2) is 3.48. The molecule has 0 unspecified atom stereocenters. The quantitative estimate of drug-likeness (QED) is 0.587. The molecule has 0 aliphatic rings. The van der Waals surface area contributed by atoms with E-state index in [2.05, 4.69) is 0 Å². The molecule has 2 rings (SSSR count). The average Bonchev–Trinajstić information content (AvgIpc) is 2.15. The van der Waals surface area contributed by atoms with Crippen LogP contribution in [0.25, 0.3) is 11.0 Å². The van der Waals surface area contributed by atoms with Gasteiger partial charge in [0.05, 0.1) is 5.56 Å². The first kappa shape index (κ1) is 10.4. The molecule has 1 heterocycles. The Morgan fingerprint density at radius 2 is 2.06 bits per heavy atom. The van der Waals surface area contributed by atoms with Crippen molar-refractivity contribution in [2.75, 3.05) is 0 Å². The summed E-state index contributed by atoms with van der Waals surface area (Å²) in [6, 6.07) is 4.17. The molecule has 0 fully saturated rings. The number of ketones is 1. The number of hydrogen-bond donors (Lipinski definition) is 1. The zero-order chi connectivity index (χ0) is 11.9. The van der Waals surface area contributed by atoms with Crippen molar-refractivity contribution in [3.63, 3.8) is 0 Å². The Morgan fingerprint density at radius 3 is 2.69 bits per heavy atom. The zero-order valence-corrected chi connectivity index (χ0v) is 8.90. The Balaban J connectivity index is 2.94. The summed E-state index contributed by atoms with van der Waals surface area (Å²) in [6.07, 6.45) is 0. The molecule has 0 bridgehead atoms. The van der Waals surface area contributed by atoms with E-state index in [1.165, 1.54) is 19.1 Å². The van der Waals surface area contributed by atoms with E-state index in [1.807, 2.05) is 0 Å². The fraction of sp³-hybridized carbons (Fsp3) is 0.167. The van der Waals surface area contributed by atoms with Crippen LogP contribution in [0.1, 0.15) is 22.8 Å². The van der Waals surface area contributed by atoms with Crippen molar-refractivity contribution in [3.8, 4) is 5.75 Å². The lowest BCUT2D eigenvalue weighted by Gasteiger charge is -2.07. The topological polar surface area (TPSA) is 67.5 Å². The second-order valence-corrected chi connectivity index (χ2v) is 3.62. The highest BCUT2D eigenvalue weighted by Crippen LogP contribution is 2.29. The van der Waals surface area contributed by atoms with Crippen LogP contribution >= 0.6 is 0 Å². The Bertz CT molecular complexity index is 637. The van der Waals surface area contributed by atoms with Gasteiger partial charge in [0.15, 0.2) is 5.78 Å². The molecule has 82 valence electrons. The van der Waals surface area contributed by atoms with Gasteiger partial charge in [-0.25, -0.2) is 4.79 Å². The number of phenols is 1. The molecule has 0 atom stereocenters. The third kappa shape index (κ3) is 1.48. The number of carbonyl (C=O) groups excluding carboxylic acids is 1. The number of Topliss-reactive ketones (excluding diaryl/α,β-unsaturated/α-hetero) is 1. The molecule has 0 spiro atoms. The van der Waals surface area contributed by atoms with Crippen LogP contribution in [-0.2, 0) is 0 Å². The maximum absolute atomic E-state index is 11.3. The minimum atomic E-state index is -0.484. The lowest BCUT2D eigenvalue weighted by Crippen LogP contribution is -2.00. The van der Waals surface area contributed by atoms with Crippen LogP contribution in [0.15, 0.2) is 27.4 Å². The maximum Gasteiger partial charge on any atom is 0.336 e. The van der Waals surface area contributed by atoms with Crippen molar-refractivity contribution >= 4 is 16.8 Å². The third-order valence-corrected chi connectivity index (χ3v) is 2.52. The van der Waals surface area contributed by atoms with Gasteiger partial charge in [-0.15, -0.1) is 0 Å². The van der Waals surface area contributed by atoms with Gasteiger partial charge in [0.25, 0.3) is 0 Å². The SMILES string of the molecule is CC(=O)c1c(O)cc2oc(=O)ccc2c1C. The zero-order valence-electron chi connectivity index (χ0n) is 8.90. The van der Waals surface area contributed by atoms with Crippen molar-refractivity contribution in [2.24, 2.45) is 0 Å². The van der Waals surface area contributed by atoms with Crippen LogP contribution in [0.5, 0.6) is 5.75 Å². The molecule has 1 aromatic heterocycles. The number of carbonyl (C=O) groups is 1. The van der Waals surface area contributed by atoms with Crippen LogP contribution in [0.2, 0.25) is 0 Å². The van der Waals surface area contributed by atoms with Crippen molar-refractivity contribution in [3.05, 3.63) is 39.7 Å². The Labute approximate surface area is 91.1 Å². The van der Waals surface area contributed by atoms with Crippen LogP contribution in [0.4, 0.5) is 0 Å². The molecule has 4 nitrogen and oxygen atoms in total. The number of aryl methyl sites for hydroxylation is 1. The number of aromatic hydroxyl groups is 1. The lowest BCUT2D eigenvalue weighted by molar-refractivity contribution is 0.101. The van der Waals surface area contributed by atoms with Gasteiger partial charge in [0, 0.05) is 17.5 Å². The third-order valence-electron chi connectivity index (χ3n) is 2.52. The van der Waals surface area contributed by atoms with Crippen molar-refractivity contribution in [2.45, 2.75) is 13.8 Å². The minimum Gasteiger partial charge on any atom is -0.507 e. The maximum atomic E-state index is 11.3. The predicted molar refractivity (Wildman–Crippen MR) is 58.9 cm³/mol. The lowest BCUT2D eigenvalue weighted by atomic mass is 10.00. The standard InChI is InChI=1S/C12H10O4/c1-6-8-3-4-11(15)16-10(8)5-9(14)12(6)7(2)13/h3-5,14H,1-2H3. The number of phenolic OH excluding ortho intramolecular Hbond substituents is 1. The summed E-state index contributed by atoms with van der Waals surface area (Å²) in [5, 5.41) is 10.3. The molecule has 0 saturated heterocycles. The summed E-state index contributed by atoms with van der Waals surface area (Å²) in [6.45, 7) is 3.09. The molecule has 0 aliphatic carbocycles. The highest BCUT2D eigenvalue weighted by atomic mass is 16.4. The van der Waals surface area contributed by atoms with Crippen molar-refractivity contribution in [1.82, 2.24) is 0 Å². The first-order valence-electron chi connectivity index (χ1n) is 4.78. The summed E-state index contributed by atoms with van der Waals surface area (Å²) in [5.74, 6) is -0.380. The van der Waals surface area contributed by atoms with E-state index >= 15 is 0 Å². The molecule has 0 amide bonds. The number of benzene rings is 1. The molecular formula is C12H10O4. The van der Waals surface area contributed by atoms with Gasteiger partial charge in [-0.2, -0.15) is 0 Å². The van der Waals surface area contributed by atoms with Crippen LogP contribution < -0.4 is 5.63 Å². The monoisotopic (exact) mass is 218 g/mol. The van der Waals surface area contributed by atoms with E-state index in [-0.39, 0.29) is 22.7 Å².